The molecule has 1 fully saturated rings. The number of rotatable bonds is 9. The molecular formula is C24H26ClN3O4S. The summed E-state index contributed by atoms with van der Waals surface area (Å²) in [5, 5.41) is 2.97. The third kappa shape index (κ3) is 5.83. The summed E-state index contributed by atoms with van der Waals surface area (Å²) in [6.45, 7) is 2.36. The van der Waals surface area contributed by atoms with Crippen molar-refractivity contribution in [3.63, 3.8) is 0 Å². The van der Waals surface area contributed by atoms with E-state index in [1.54, 1.807) is 6.26 Å². The Morgan fingerprint density at radius 3 is 2.52 bits per heavy atom. The van der Waals surface area contributed by atoms with Gasteiger partial charge in [0, 0.05) is 18.7 Å². The SMILES string of the molecule is O=C(NC[C@@H](c1ccco1)N1CCCC1)c1ccc(Cl)c(S(=O)(=O)NCc2ccccc2)c1. The van der Waals surface area contributed by atoms with E-state index >= 15 is 0 Å². The topological polar surface area (TPSA) is 91.7 Å². The molecule has 9 heteroatoms. The number of carbonyl (C=O) groups excluding carboxylic acids is 1. The van der Waals surface area contributed by atoms with Crippen LogP contribution in [0.25, 0.3) is 0 Å². The van der Waals surface area contributed by atoms with Crippen molar-refractivity contribution in [2.75, 3.05) is 19.6 Å². The van der Waals surface area contributed by atoms with E-state index in [0.29, 0.717) is 6.54 Å². The first-order chi connectivity index (χ1) is 15.9. The van der Waals surface area contributed by atoms with Gasteiger partial charge in [0.15, 0.2) is 0 Å². The van der Waals surface area contributed by atoms with E-state index in [1.165, 1.54) is 18.2 Å². The average Bonchev–Trinajstić information content (AvgIpc) is 3.54. The largest absolute Gasteiger partial charge is 0.468 e. The van der Waals surface area contributed by atoms with Gasteiger partial charge >= 0.3 is 0 Å². The van der Waals surface area contributed by atoms with E-state index in [1.807, 2.05) is 42.5 Å². The zero-order valence-corrected chi connectivity index (χ0v) is 19.6. The van der Waals surface area contributed by atoms with Crippen LogP contribution in [0, 0.1) is 0 Å². The van der Waals surface area contributed by atoms with E-state index in [-0.39, 0.29) is 34.0 Å². The summed E-state index contributed by atoms with van der Waals surface area (Å²) in [4.78, 5) is 15.0. The molecule has 3 aromatic rings. The summed E-state index contributed by atoms with van der Waals surface area (Å²) < 4.78 is 33.8. The molecule has 1 aliphatic heterocycles. The molecular weight excluding hydrogens is 462 g/mol. The van der Waals surface area contributed by atoms with E-state index < -0.39 is 10.0 Å². The molecule has 0 radical (unpaired) electrons. The van der Waals surface area contributed by atoms with Gasteiger partial charge in [-0.15, -0.1) is 0 Å². The number of carbonyl (C=O) groups is 1. The fourth-order valence-corrected chi connectivity index (χ4v) is 5.48. The Labute approximate surface area is 198 Å². The van der Waals surface area contributed by atoms with Crippen molar-refractivity contribution in [1.82, 2.24) is 14.9 Å². The minimum Gasteiger partial charge on any atom is -0.468 e. The molecule has 1 saturated heterocycles. The van der Waals surface area contributed by atoms with Crippen LogP contribution in [-0.2, 0) is 16.6 Å². The maximum absolute atomic E-state index is 12.9. The molecule has 2 N–H and O–H groups in total. The van der Waals surface area contributed by atoms with Crippen LogP contribution in [0.15, 0.2) is 76.2 Å². The highest BCUT2D eigenvalue weighted by Crippen LogP contribution is 2.26. The van der Waals surface area contributed by atoms with Crippen LogP contribution in [0.3, 0.4) is 0 Å². The Kier molecular flexibility index (Phi) is 7.49. The van der Waals surface area contributed by atoms with Crippen LogP contribution in [-0.4, -0.2) is 38.9 Å². The minimum absolute atomic E-state index is 0.0534. The summed E-state index contributed by atoms with van der Waals surface area (Å²) in [5.74, 6) is 0.420. The minimum atomic E-state index is -3.91. The van der Waals surface area contributed by atoms with E-state index in [4.69, 9.17) is 16.0 Å². The van der Waals surface area contributed by atoms with E-state index in [2.05, 4.69) is 14.9 Å². The first-order valence-electron chi connectivity index (χ1n) is 10.8. The molecule has 33 heavy (non-hydrogen) atoms. The van der Waals surface area contributed by atoms with Crippen LogP contribution in [0.1, 0.15) is 40.6 Å². The summed E-state index contributed by atoms with van der Waals surface area (Å²) in [7, 11) is -3.91. The van der Waals surface area contributed by atoms with Gasteiger partial charge in [-0.2, -0.15) is 0 Å². The predicted molar refractivity (Wildman–Crippen MR) is 127 cm³/mol. The lowest BCUT2D eigenvalue weighted by Crippen LogP contribution is -2.36. The maximum atomic E-state index is 12.9. The predicted octanol–water partition coefficient (Wildman–Crippen LogP) is 3.98. The van der Waals surface area contributed by atoms with Gasteiger partial charge in [-0.3, -0.25) is 9.69 Å². The molecule has 1 aliphatic rings. The highest BCUT2D eigenvalue weighted by atomic mass is 35.5. The lowest BCUT2D eigenvalue weighted by Gasteiger charge is -2.26. The van der Waals surface area contributed by atoms with Crippen molar-refractivity contribution in [2.24, 2.45) is 0 Å². The van der Waals surface area contributed by atoms with Gasteiger partial charge in [0.25, 0.3) is 5.91 Å². The second-order valence-electron chi connectivity index (χ2n) is 7.94. The maximum Gasteiger partial charge on any atom is 0.251 e. The van der Waals surface area contributed by atoms with E-state index in [0.717, 1.165) is 37.3 Å². The van der Waals surface area contributed by atoms with Gasteiger partial charge in [0.2, 0.25) is 10.0 Å². The molecule has 0 spiro atoms. The monoisotopic (exact) mass is 487 g/mol. The number of hydrogen-bond acceptors (Lipinski definition) is 5. The number of benzene rings is 2. The van der Waals surface area contributed by atoms with Gasteiger partial charge in [-0.05, 0) is 61.8 Å². The van der Waals surface area contributed by atoms with Crippen molar-refractivity contribution in [2.45, 2.75) is 30.3 Å². The molecule has 2 aromatic carbocycles. The fraction of sp³-hybridized carbons (Fsp3) is 0.292. The normalized spacial score (nSPS) is 15.4. The summed E-state index contributed by atoms with van der Waals surface area (Å²) in [6, 6.07) is 17.1. The molecule has 7 nitrogen and oxygen atoms in total. The molecule has 1 amide bonds. The molecule has 2 heterocycles. The molecule has 1 atom stereocenters. The number of likely N-dealkylation sites (tertiary alicyclic amines) is 1. The lowest BCUT2D eigenvalue weighted by molar-refractivity contribution is 0.0933. The van der Waals surface area contributed by atoms with Crippen LogP contribution >= 0.6 is 11.6 Å². The lowest BCUT2D eigenvalue weighted by atomic mass is 10.1. The Morgan fingerprint density at radius 1 is 1.06 bits per heavy atom. The Hall–Kier alpha value is -2.65. The summed E-state index contributed by atoms with van der Waals surface area (Å²) in [5.41, 5.74) is 1.04. The van der Waals surface area contributed by atoms with Crippen molar-refractivity contribution in [3.8, 4) is 0 Å². The average molecular weight is 488 g/mol. The highest BCUT2D eigenvalue weighted by Gasteiger charge is 2.26. The van der Waals surface area contributed by atoms with Crippen molar-refractivity contribution in [1.29, 1.82) is 0 Å². The van der Waals surface area contributed by atoms with Gasteiger partial charge in [-0.1, -0.05) is 41.9 Å². The Morgan fingerprint density at radius 2 is 1.82 bits per heavy atom. The van der Waals surface area contributed by atoms with Gasteiger partial charge in [-0.25, -0.2) is 13.1 Å². The first kappa shape index (κ1) is 23.5. The number of nitrogens with zero attached hydrogens (tertiary/aromatic N) is 1. The third-order valence-electron chi connectivity index (χ3n) is 5.70. The zero-order valence-electron chi connectivity index (χ0n) is 18.0. The molecule has 0 bridgehead atoms. The number of furan rings is 1. The molecule has 174 valence electrons. The second kappa shape index (κ2) is 10.5. The van der Waals surface area contributed by atoms with Crippen LogP contribution in [0.2, 0.25) is 5.02 Å². The van der Waals surface area contributed by atoms with Gasteiger partial charge in [0.1, 0.15) is 10.7 Å². The van der Waals surface area contributed by atoms with Crippen molar-refractivity contribution in [3.05, 3.63) is 88.8 Å². The fourth-order valence-electron chi connectivity index (χ4n) is 3.94. The number of hydrogen-bond donors (Lipinski definition) is 2. The molecule has 4 rings (SSSR count). The van der Waals surface area contributed by atoms with Crippen LogP contribution < -0.4 is 10.0 Å². The summed E-state index contributed by atoms with van der Waals surface area (Å²) >= 11 is 6.18. The van der Waals surface area contributed by atoms with Gasteiger partial charge < -0.3 is 9.73 Å². The molecule has 0 saturated carbocycles. The molecule has 1 aromatic heterocycles. The number of nitrogens with one attached hydrogen (secondary N) is 2. The quantitative estimate of drug-likeness (QED) is 0.476. The number of sulfonamides is 1. The van der Waals surface area contributed by atoms with Crippen molar-refractivity contribution < 1.29 is 17.6 Å². The van der Waals surface area contributed by atoms with Crippen LogP contribution in [0.4, 0.5) is 0 Å². The third-order valence-corrected chi connectivity index (χ3v) is 7.58. The highest BCUT2D eigenvalue weighted by molar-refractivity contribution is 7.89. The smallest absolute Gasteiger partial charge is 0.251 e. The summed E-state index contributed by atoms with van der Waals surface area (Å²) in [6.07, 6.45) is 3.85. The molecule has 0 unspecified atom stereocenters. The van der Waals surface area contributed by atoms with Crippen LogP contribution in [0.5, 0.6) is 0 Å². The second-order valence-corrected chi connectivity index (χ2v) is 10.1. The number of halogens is 1. The van der Waals surface area contributed by atoms with Crippen molar-refractivity contribution >= 4 is 27.5 Å². The first-order valence-corrected chi connectivity index (χ1v) is 12.7. The standard InChI is InChI=1S/C24H26ClN3O4S/c25-20-11-10-19(15-23(20)33(30,31)27-16-18-7-2-1-3-8-18)24(29)26-17-21(22-9-6-14-32-22)28-12-4-5-13-28/h1-3,6-11,14-15,21,27H,4-5,12-13,16-17H2,(H,26,29)/t21-/m0/s1. The van der Waals surface area contributed by atoms with Gasteiger partial charge in [0.05, 0.1) is 17.3 Å². The Balaban J connectivity index is 1.46. The molecule has 0 aliphatic carbocycles. The number of amides is 1. The zero-order chi connectivity index (χ0) is 23.3. The Bertz CT molecular complexity index is 1180. The van der Waals surface area contributed by atoms with E-state index in [9.17, 15) is 13.2 Å².